The van der Waals surface area contributed by atoms with Crippen LogP contribution in [0.1, 0.15) is 26.1 Å². The molecule has 1 atom stereocenters. The molecule has 0 bridgehead atoms. The van der Waals surface area contributed by atoms with Crippen LogP contribution in [0.2, 0.25) is 0 Å². The van der Waals surface area contributed by atoms with Crippen molar-refractivity contribution >= 4 is 21.5 Å². The first-order valence-electron chi connectivity index (χ1n) is 9.22. The van der Waals surface area contributed by atoms with Gasteiger partial charge in [-0.15, -0.1) is 0 Å². The number of hydrogen-bond donors (Lipinski definition) is 0. The van der Waals surface area contributed by atoms with E-state index in [4.69, 9.17) is 0 Å². The Kier molecular flexibility index (Phi) is 5.48. The molecule has 0 spiro atoms. The van der Waals surface area contributed by atoms with Crippen LogP contribution in [-0.4, -0.2) is 80.1 Å². The Morgan fingerprint density at radius 1 is 1.20 bits per heavy atom. The molecule has 0 aromatic carbocycles. The fourth-order valence-corrected chi connectivity index (χ4v) is 5.50. The second kappa shape index (κ2) is 7.45. The summed E-state index contributed by atoms with van der Waals surface area (Å²) in [6, 6.07) is 2.05. The van der Waals surface area contributed by atoms with Gasteiger partial charge >= 0.3 is 0 Å². The van der Waals surface area contributed by atoms with Crippen molar-refractivity contribution < 1.29 is 8.42 Å². The quantitative estimate of drug-likeness (QED) is 0.767. The number of likely N-dealkylation sites (N-methyl/N-ethyl adjacent to an activating group) is 1. The van der Waals surface area contributed by atoms with Gasteiger partial charge in [0, 0.05) is 44.8 Å². The van der Waals surface area contributed by atoms with Gasteiger partial charge in [0.1, 0.15) is 17.5 Å². The minimum absolute atomic E-state index is 0.0223. The maximum absolute atomic E-state index is 11.9. The minimum atomic E-state index is -2.91. The van der Waals surface area contributed by atoms with E-state index in [0.717, 1.165) is 56.7 Å². The van der Waals surface area contributed by atoms with Crippen LogP contribution in [0.4, 0.5) is 11.6 Å². The van der Waals surface area contributed by atoms with Crippen LogP contribution in [0, 0.1) is 6.92 Å². The molecule has 0 saturated carbocycles. The third kappa shape index (κ3) is 4.23. The van der Waals surface area contributed by atoms with Crippen molar-refractivity contribution in [2.75, 3.05) is 60.6 Å². The highest BCUT2D eigenvalue weighted by Gasteiger charge is 2.32. The number of hydrogen-bond acceptors (Lipinski definition) is 7. The van der Waals surface area contributed by atoms with Crippen LogP contribution in [0.25, 0.3) is 0 Å². The van der Waals surface area contributed by atoms with Crippen molar-refractivity contribution in [1.29, 1.82) is 0 Å². The number of aryl methyl sites for hydroxylation is 1. The molecular formula is C17H29N5O2S. The topological polar surface area (TPSA) is 69.6 Å². The van der Waals surface area contributed by atoms with Gasteiger partial charge in [-0.25, -0.2) is 18.4 Å². The largest absolute Gasteiger partial charge is 0.354 e. The van der Waals surface area contributed by atoms with Gasteiger partial charge in [-0.1, -0.05) is 6.92 Å². The van der Waals surface area contributed by atoms with Crippen molar-refractivity contribution in [3.63, 3.8) is 0 Å². The van der Waals surface area contributed by atoms with E-state index in [1.165, 1.54) is 0 Å². The van der Waals surface area contributed by atoms with Crippen molar-refractivity contribution in [3.05, 3.63) is 11.9 Å². The van der Waals surface area contributed by atoms with Gasteiger partial charge in [-0.2, -0.15) is 0 Å². The summed E-state index contributed by atoms with van der Waals surface area (Å²) in [5, 5.41) is 0. The van der Waals surface area contributed by atoms with Crippen LogP contribution >= 0.6 is 0 Å². The highest BCUT2D eigenvalue weighted by molar-refractivity contribution is 7.91. The van der Waals surface area contributed by atoms with Crippen LogP contribution in [-0.2, 0) is 9.84 Å². The number of aromatic nitrogens is 2. The molecule has 7 nitrogen and oxygen atoms in total. The van der Waals surface area contributed by atoms with Gasteiger partial charge in [0.05, 0.1) is 11.5 Å². The first-order chi connectivity index (χ1) is 11.9. The highest BCUT2D eigenvalue weighted by atomic mass is 32.2. The smallest absolute Gasteiger partial charge is 0.152 e. The Bertz CT molecular complexity index is 701. The first-order valence-corrected chi connectivity index (χ1v) is 11.0. The molecule has 140 valence electrons. The van der Waals surface area contributed by atoms with Crippen molar-refractivity contribution in [2.45, 2.75) is 33.2 Å². The molecule has 0 N–H and O–H groups in total. The molecule has 3 heterocycles. The summed E-state index contributed by atoms with van der Waals surface area (Å²) in [4.78, 5) is 16.1. The highest BCUT2D eigenvalue weighted by Crippen LogP contribution is 2.26. The maximum Gasteiger partial charge on any atom is 0.152 e. The Balaban J connectivity index is 1.81. The molecule has 1 aromatic rings. The Labute approximate surface area is 151 Å². The van der Waals surface area contributed by atoms with E-state index in [-0.39, 0.29) is 17.5 Å². The van der Waals surface area contributed by atoms with E-state index < -0.39 is 9.84 Å². The SMILES string of the molecule is CCN1CCN(c2cc(N(CC)C3CCS(=O)(=O)C3)nc(C)n2)CC1. The van der Waals surface area contributed by atoms with Crippen LogP contribution < -0.4 is 9.80 Å². The zero-order valence-electron chi connectivity index (χ0n) is 15.5. The minimum Gasteiger partial charge on any atom is -0.354 e. The van der Waals surface area contributed by atoms with Crippen molar-refractivity contribution in [2.24, 2.45) is 0 Å². The third-order valence-corrected chi connectivity index (χ3v) is 6.99. The van der Waals surface area contributed by atoms with Crippen molar-refractivity contribution in [3.8, 4) is 0 Å². The summed E-state index contributed by atoms with van der Waals surface area (Å²) in [5.74, 6) is 3.06. The summed E-state index contributed by atoms with van der Waals surface area (Å²) >= 11 is 0. The van der Waals surface area contributed by atoms with E-state index in [9.17, 15) is 8.42 Å². The molecule has 0 aliphatic carbocycles. The standard InChI is InChI=1S/C17H29N5O2S/c1-4-20-7-9-21(10-8-20)16-12-17(19-14(3)18-16)22(5-2)15-6-11-25(23,24)13-15/h12,15H,4-11,13H2,1-3H3. The number of piperazine rings is 1. The molecule has 25 heavy (non-hydrogen) atoms. The number of anilines is 2. The predicted octanol–water partition coefficient (Wildman–Crippen LogP) is 0.940. The lowest BCUT2D eigenvalue weighted by Gasteiger charge is -2.35. The van der Waals surface area contributed by atoms with Gasteiger partial charge in [0.2, 0.25) is 0 Å². The zero-order valence-corrected chi connectivity index (χ0v) is 16.3. The third-order valence-electron chi connectivity index (χ3n) is 5.24. The van der Waals surface area contributed by atoms with Crippen LogP contribution in [0.5, 0.6) is 0 Å². The molecule has 1 unspecified atom stereocenters. The number of rotatable bonds is 5. The summed E-state index contributed by atoms with van der Waals surface area (Å²) in [6.07, 6.45) is 0.684. The van der Waals surface area contributed by atoms with E-state index >= 15 is 0 Å². The second-order valence-corrected chi connectivity index (χ2v) is 9.12. The molecule has 2 saturated heterocycles. The molecule has 3 rings (SSSR count). The number of nitrogens with zero attached hydrogens (tertiary/aromatic N) is 5. The van der Waals surface area contributed by atoms with E-state index in [1.807, 2.05) is 13.0 Å². The summed E-state index contributed by atoms with van der Waals surface area (Å²) in [6.45, 7) is 12.0. The Hall–Kier alpha value is -1.41. The van der Waals surface area contributed by atoms with Crippen molar-refractivity contribution in [1.82, 2.24) is 14.9 Å². The molecule has 2 aliphatic rings. The first kappa shape index (κ1) is 18.4. The summed E-state index contributed by atoms with van der Waals surface area (Å²) < 4.78 is 23.7. The molecule has 0 radical (unpaired) electrons. The Morgan fingerprint density at radius 3 is 2.48 bits per heavy atom. The van der Waals surface area contributed by atoms with Crippen LogP contribution in [0.15, 0.2) is 6.07 Å². The maximum atomic E-state index is 11.9. The van der Waals surface area contributed by atoms with Gasteiger partial charge in [0.15, 0.2) is 9.84 Å². The summed E-state index contributed by atoms with van der Waals surface area (Å²) in [7, 11) is -2.91. The lowest BCUT2D eigenvalue weighted by atomic mass is 10.2. The van der Waals surface area contributed by atoms with E-state index in [2.05, 4.69) is 38.5 Å². The molecule has 0 amide bonds. The van der Waals surface area contributed by atoms with Crippen LogP contribution in [0.3, 0.4) is 0 Å². The lowest BCUT2D eigenvalue weighted by molar-refractivity contribution is 0.270. The average molecular weight is 368 g/mol. The fourth-order valence-electron chi connectivity index (χ4n) is 3.77. The lowest BCUT2D eigenvalue weighted by Crippen LogP contribution is -2.46. The van der Waals surface area contributed by atoms with Gasteiger partial charge in [0.25, 0.3) is 0 Å². The Morgan fingerprint density at radius 2 is 1.92 bits per heavy atom. The zero-order chi connectivity index (χ0) is 18.0. The predicted molar refractivity (Wildman–Crippen MR) is 101 cm³/mol. The van der Waals surface area contributed by atoms with E-state index in [0.29, 0.717) is 6.42 Å². The average Bonchev–Trinajstić information content (AvgIpc) is 2.95. The fraction of sp³-hybridized carbons (Fsp3) is 0.765. The van der Waals surface area contributed by atoms with Gasteiger partial charge in [-0.3, -0.25) is 0 Å². The molecule has 8 heteroatoms. The molecule has 2 aliphatic heterocycles. The summed E-state index contributed by atoms with van der Waals surface area (Å²) in [5.41, 5.74) is 0. The molecule has 2 fully saturated rings. The monoisotopic (exact) mass is 367 g/mol. The normalized spacial score (nSPS) is 23.8. The van der Waals surface area contributed by atoms with Gasteiger partial charge < -0.3 is 14.7 Å². The van der Waals surface area contributed by atoms with Gasteiger partial charge in [-0.05, 0) is 26.8 Å². The second-order valence-electron chi connectivity index (χ2n) is 6.90. The molecule has 1 aromatic heterocycles. The van der Waals surface area contributed by atoms with E-state index in [1.54, 1.807) is 0 Å². The molecular weight excluding hydrogens is 338 g/mol. The number of sulfone groups is 1.